The lowest BCUT2D eigenvalue weighted by molar-refractivity contribution is 0.458. The molecule has 4 heterocycles. The van der Waals surface area contributed by atoms with E-state index in [1.165, 1.54) is 27.8 Å². The van der Waals surface area contributed by atoms with Gasteiger partial charge >= 0.3 is 0 Å². The zero-order chi connectivity index (χ0) is 17.2. The van der Waals surface area contributed by atoms with Crippen LogP contribution in [-0.2, 0) is 12.0 Å². The summed E-state index contributed by atoms with van der Waals surface area (Å²) < 4.78 is 4.43. The summed E-state index contributed by atoms with van der Waals surface area (Å²) in [7, 11) is 0. The summed E-state index contributed by atoms with van der Waals surface area (Å²) in [4.78, 5) is 4.60. The number of pyridine rings is 1. The summed E-state index contributed by atoms with van der Waals surface area (Å²) in [5.41, 5.74) is 7.39. The van der Waals surface area contributed by atoms with Crippen LogP contribution in [0.2, 0.25) is 0 Å². The number of imidazole rings is 1. The van der Waals surface area contributed by atoms with Gasteiger partial charge in [-0.05, 0) is 41.8 Å². The Bertz CT molecular complexity index is 1120. The van der Waals surface area contributed by atoms with Gasteiger partial charge in [-0.2, -0.15) is 0 Å². The zero-order valence-electron chi connectivity index (χ0n) is 14.2. The van der Waals surface area contributed by atoms with Crippen LogP contribution in [0.4, 0.5) is 0 Å². The van der Waals surface area contributed by atoms with Crippen LogP contribution >= 0.6 is 0 Å². The Morgan fingerprint density at radius 1 is 1.28 bits per heavy atom. The van der Waals surface area contributed by atoms with Crippen molar-refractivity contribution >= 4 is 16.7 Å². The molecule has 1 unspecified atom stereocenters. The van der Waals surface area contributed by atoms with Gasteiger partial charge in [0.15, 0.2) is 0 Å². The minimum Gasteiger partial charge on any atom is -0.330 e. The third-order valence-electron chi connectivity index (χ3n) is 5.57. The maximum atomic E-state index is 4.60. The normalized spacial score (nSPS) is 22.8. The third-order valence-corrected chi connectivity index (χ3v) is 5.57. The summed E-state index contributed by atoms with van der Waals surface area (Å²) in [5.74, 6) is 1.01. The second-order valence-corrected chi connectivity index (χ2v) is 6.96. The predicted octanol–water partition coefficient (Wildman–Crippen LogP) is 4.63. The first kappa shape index (κ1) is 14.3. The van der Waals surface area contributed by atoms with Gasteiger partial charge in [-0.3, -0.25) is 0 Å². The Hall–Kier alpha value is -3.07. The van der Waals surface area contributed by atoms with Crippen LogP contribution in [0.15, 0.2) is 79.9 Å². The quantitative estimate of drug-likeness (QED) is 0.673. The number of aromatic nitrogens is 3. The SMILES string of the molecule is C=C/C=C1\C2=C(C=C)c3cn4cccc4cc3C2(C)Cn2ccnc21. The molecule has 0 saturated heterocycles. The molecule has 0 aromatic carbocycles. The van der Waals surface area contributed by atoms with Gasteiger partial charge in [0.1, 0.15) is 5.82 Å². The lowest BCUT2D eigenvalue weighted by atomic mass is 9.73. The summed E-state index contributed by atoms with van der Waals surface area (Å²) >= 11 is 0. The van der Waals surface area contributed by atoms with Gasteiger partial charge in [-0.1, -0.05) is 31.4 Å². The Labute approximate surface area is 146 Å². The minimum atomic E-state index is -0.104. The van der Waals surface area contributed by atoms with Crippen molar-refractivity contribution < 1.29 is 0 Å². The molecule has 0 bridgehead atoms. The first-order valence-corrected chi connectivity index (χ1v) is 8.51. The van der Waals surface area contributed by atoms with E-state index in [1.54, 1.807) is 0 Å². The van der Waals surface area contributed by atoms with Crippen molar-refractivity contribution in [3.05, 3.63) is 96.9 Å². The standard InChI is InChI=1S/C22H19N3/c1-4-7-17-20-16(5-2)18-13-24-10-6-8-15(24)12-19(18)22(20,3)14-25-11-9-23-21(17)25/h4-13H,1-2,14H2,3H3/b17-7+. The predicted molar refractivity (Wildman–Crippen MR) is 102 cm³/mol. The molecule has 122 valence electrons. The van der Waals surface area contributed by atoms with Crippen molar-refractivity contribution in [1.29, 1.82) is 0 Å². The maximum Gasteiger partial charge on any atom is 0.140 e. The van der Waals surface area contributed by atoms with E-state index < -0.39 is 0 Å². The van der Waals surface area contributed by atoms with Crippen LogP contribution in [0.1, 0.15) is 23.9 Å². The molecule has 2 aliphatic rings. The van der Waals surface area contributed by atoms with E-state index in [2.05, 4.69) is 76.9 Å². The highest BCUT2D eigenvalue weighted by Gasteiger charge is 2.46. The van der Waals surface area contributed by atoms with Crippen LogP contribution < -0.4 is 0 Å². The number of hydrogen-bond donors (Lipinski definition) is 0. The molecule has 25 heavy (non-hydrogen) atoms. The Balaban J connectivity index is 1.91. The van der Waals surface area contributed by atoms with Crippen molar-refractivity contribution in [3.8, 4) is 0 Å². The van der Waals surface area contributed by atoms with Gasteiger partial charge in [0, 0.05) is 53.4 Å². The second-order valence-electron chi connectivity index (χ2n) is 6.96. The first-order chi connectivity index (χ1) is 12.2. The van der Waals surface area contributed by atoms with E-state index in [0.717, 1.165) is 17.9 Å². The molecule has 5 rings (SSSR count). The van der Waals surface area contributed by atoms with E-state index in [-0.39, 0.29) is 5.41 Å². The maximum absolute atomic E-state index is 4.60. The van der Waals surface area contributed by atoms with E-state index in [4.69, 9.17) is 0 Å². The highest BCUT2D eigenvalue weighted by atomic mass is 15.1. The summed E-state index contributed by atoms with van der Waals surface area (Å²) in [6, 6.07) is 6.56. The van der Waals surface area contributed by atoms with Gasteiger partial charge < -0.3 is 8.97 Å². The lowest BCUT2D eigenvalue weighted by Gasteiger charge is -2.36. The van der Waals surface area contributed by atoms with E-state index in [0.29, 0.717) is 0 Å². The third kappa shape index (κ3) is 1.67. The van der Waals surface area contributed by atoms with E-state index in [1.807, 2.05) is 18.3 Å². The largest absolute Gasteiger partial charge is 0.330 e. The van der Waals surface area contributed by atoms with Crippen LogP contribution in [0.5, 0.6) is 0 Å². The molecule has 0 N–H and O–H groups in total. The molecule has 1 atom stereocenters. The van der Waals surface area contributed by atoms with Gasteiger partial charge in [0.2, 0.25) is 0 Å². The summed E-state index contributed by atoms with van der Waals surface area (Å²) in [6.07, 6.45) is 14.2. The van der Waals surface area contributed by atoms with Crippen molar-refractivity contribution in [2.75, 3.05) is 0 Å². The molecule has 1 aliphatic heterocycles. The molecule has 3 nitrogen and oxygen atoms in total. The minimum absolute atomic E-state index is 0.104. The summed E-state index contributed by atoms with van der Waals surface area (Å²) in [6.45, 7) is 11.3. The molecule has 0 fully saturated rings. The van der Waals surface area contributed by atoms with Crippen molar-refractivity contribution in [2.24, 2.45) is 0 Å². The van der Waals surface area contributed by atoms with Gasteiger partial charge in [-0.25, -0.2) is 4.98 Å². The lowest BCUT2D eigenvalue weighted by Crippen LogP contribution is -2.34. The van der Waals surface area contributed by atoms with Gasteiger partial charge in [0.25, 0.3) is 0 Å². The number of rotatable bonds is 2. The molecule has 1 aliphatic carbocycles. The highest BCUT2D eigenvalue weighted by molar-refractivity contribution is 5.99. The number of fused-ring (bicyclic) bond motifs is 5. The molecule has 0 spiro atoms. The fourth-order valence-electron chi connectivity index (χ4n) is 4.55. The van der Waals surface area contributed by atoms with Gasteiger partial charge in [0.05, 0.1) is 0 Å². The summed E-state index contributed by atoms with van der Waals surface area (Å²) in [5, 5.41) is 0. The Morgan fingerprint density at radius 3 is 2.96 bits per heavy atom. The first-order valence-electron chi connectivity index (χ1n) is 8.51. The van der Waals surface area contributed by atoms with E-state index >= 15 is 0 Å². The van der Waals surface area contributed by atoms with Gasteiger partial charge in [-0.15, -0.1) is 0 Å². The molecule has 0 saturated carbocycles. The monoisotopic (exact) mass is 325 g/mol. The highest BCUT2D eigenvalue weighted by Crippen LogP contribution is 2.55. The second kappa shape index (κ2) is 4.73. The molecule has 0 radical (unpaired) electrons. The zero-order valence-corrected chi connectivity index (χ0v) is 14.2. The molecule has 3 aromatic heterocycles. The number of hydrogen-bond acceptors (Lipinski definition) is 1. The molecule has 3 aromatic rings. The fourth-order valence-corrected chi connectivity index (χ4v) is 4.55. The van der Waals surface area contributed by atoms with Crippen LogP contribution in [0.25, 0.3) is 16.7 Å². The average Bonchev–Trinajstić information content (AvgIpc) is 3.29. The van der Waals surface area contributed by atoms with Crippen LogP contribution in [-0.4, -0.2) is 14.0 Å². The van der Waals surface area contributed by atoms with Crippen molar-refractivity contribution in [3.63, 3.8) is 0 Å². The smallest absolute Gasteiger partial charge is 0.140 e. The molecular weight excluding hydrogens is 306 g/mol. The Morgan fingerprint density at radius 2 is 2.16 bits per heavy atom. The van der Waals surface area contributed by atoms with Crippen molar-refractivity contribution in [2.45, 2.75) is 18.9 Å². The Kier molecular flexibility index (Phi) is 2.70. The number of allylic oxidation sites excluding steroid dienone is 6. The average molecular weight is 325 g/mol. The molecule has 0 amide bonds. The molecular formula is C22H19N3. The van der Waals surface area contributed by atoms with Crippen LogP contribution in [0.3, 0.4) is 0 Å². The topological polar surface area (TPSA) is 22.2 Å². The van der Waals surface area contributed by atoms with Crippen LogP contribution in [0, 0.1) is 0 Å². The fraction of sp³-hybridized carbons (Fsp3) is 0.136. The number of nitrogens with zero attached hydrogens (tertiary/aromatic N) is 3. The molecule has 3 heteroatoms. The van der Waals surface area contributed by atoms with Crippen molar-refractivity contribution in [1.82, 2.24) is 14.0 Å². The van der Waals surface area contributed by atoms with E-state index in [9.17, 15) is 0 Å².